The smallest absolute Gasteiger partial charge is 0.264 e. The molecule has 0 atom stereocenters. The van der Waals surface area contributed by atoms with Gasteiger partial charge in [0.05, 0.1) is 17.5 Å². The Morgan fingerprint density at radius 1 is 1.24 bits per heavy atom. The van der Waals surface area contributed by atoms with Gasteiger partial charge in [-0.15, -0.1) is 0 Å². The zero-order valence-corrected chi connectivity index (χ0v) is 13.5. The highest BCUT2D eigenvalue weighted by atomic mass is 19.1. The van der Waals surface area contributed by atoms with Crippen LogP contribution in [0.15, 0.2) is 47.4 Å². The molecule has 0 saturated carbocycles. The zero-order valence-electron chi connectivity index (χ0n) is 13.5. The molecule has 3 aromatic rings. The van der Waals surface area contributed by atoms with Gasteiger partial charge in [-0.05, 0) is 37.1 Å². The van der Waals surface area contributed by atoms with Crippen molar-refractivity contribution < 1.29 is 9.18 Å². The largest absolute Gasteiger partial charge is 0.352 e. The molecule has 25 heavy (non-hydrogen) atoms. The lowest BCUT2D eigenvalue weighted by atomic mass is 10.1. The number of aromatic nitrogens is 4. The third-order valence-corrected chi connectivity index (χ3v) is 3.75. The average molecular weight is 341 g/mol. The first-order valence-electron chi connectivity index (χ1n) is 7.68. The van der Waals surface area contributed by atoms with Gasteiger partial charge in [0, 0.05) is 12.6 Å². The maximum Gasteiger partial charge on any atom is 0.264 e. The maximum absolute atomic E-state index is 12.9. The second-order valence-electron chi connectivity index (χ2n) is 5.47. The van der Waals surface area contributed by atoms with Crippen LogP contribution in [0.4, 0.5) is 4.39 Å². The number of nitrogens with one attached hydrogen (secondary N) is 2. The summed E-state index contributed by atoms with van der Waals surface area (Å²) in [7, 11) is 0. The molecule has 0 aliphatic rings. The van der Waals surface area contributed by atoms with Crippen LogP contribution in [0.1, 0.15) is 21.6 Å². The van der Waals surface area contributed by atoms with Gasteiger partial charge in [-0.3, -0.25) is 9.59 Å². The number of benzene rings is 1. The number of hydrogen-bond acceptors (Lipinski definition) is 4. The van der Waals surface area contributed by atoms with E-state index in [-0.39, 0.29) is 17.3 Å². The number of aromatic amines is 1. The molecular formula is C17H16FN5O2. The fraction of sp³-hybridized carbons (Fsp3) is 0.176. The first kappa shape index (κ1) is 16.6. The first-order chi connectivity index (χ1) is 12.0. The molecule has 0 aliphatic heterocycles. The standard InChI is InChI=1S/C17H16FN5O2/c1-11-14(10-20-23(11)15-6-7-16(24)22-21-15)17(25)19-9-8-12-2-4-13(18)5-3-12/h2-7,10H,8-9H2,1H3,(H,19,25)(H,22,24). The molecule has 0 fully saturated rings. The van der Waals surface area contributed by atoms with Gasteiger partial charge in [0.1, 0.15) is 5.82 Å². The van der Waals surface area contributed by atoms with Crippen LogP contribution in [-0.2, 0) is 6.42 Å². The highest BCUT2D eigenvalue weighted by Crippen LogP contribution is 2.11. The van der Waals surface area contributed by atoms with Crippen molar-refractivity contribution in [2.45, 2.75) is 13.3 Å². The van der Waals surface area contributed by atoms with E-state index >= 15 is 0 Å². The summed E-state index contributed by atoms with van der Waals surface area (Å²) in [5.74, 6) is -0.121. The number of halogens is 1. The van der Waals surface area contributed by atoms with Crippen LogP contribution < -0.4 is 10.9 Å². The van der Waals surface area contributed by atoms with Gasteiger partial charge < -0.3 is 5.32 Å². The van der Waals surface area contributed by atoms with E-state index in [0.717, 1.165) is 5.56 Å². The van der Waals surface area contributed by atoms with Crippen LogP contribution in [0, 0.1) is 12.7 Å². The fourth-order valence-electron chi connectivity index (χ4n) is 2.39. The number of hydrogen-bond donors (Lipinski definition) is 2. The average Bonchev–Trinajstić information content (AvgIpc) is 2.99. The predicted molar refractivity (Wildman–Crippen MR) is 89.2 cm³/mol. The molecule has 0 aliphatic carbocycles. The van der Waals surface area contributed by atoms with Gasteiger partial charge in [0.2, 0.25) is 0 Å². The van der Waals surface area contributed by atoms with E-state index in [9.17, 15) is 14.0 Å². The van der Waals surface area contributed by atoms with E-state index < -0.39 is 0 Å². The summed E-state index contributed by atoms with van der Waals surface area (Å²) in [6, 6.07) is 9.02. The van der Waals surface area contributed by atoms with Crippen molar-refractivity contribution in [2.75, 3.05) is 6.54 Å². The maximum atomic E-state index is 12.9. The van der Waals surface area contributed by atoms with E-state index in [1.54, 1.807) is 19.1 Å². The number of H-pyrrole nitrogens is 1. The molecule has 1 aromatic carbocycles. The van der Waals surface area contributed by atoms with Crippen molar-refractivity contribution in [3.63, 3.8) is 0 Å². The Labute approximate surface area is 142 Å². The van der Waals surface area contributed by atoms with Crippen molar-refractivity contribution in [1.29, 1.82) is 0 Å². The van der Waals surface area contributed by atoms with Crippen molar-refractivity contribution in [3.8, 4) is 5.82 Å². The van der Waals surface area contributed by atoms with Crippen LogP contribution in [0.5, 0.6) is 0 Å². The lowest BCUT2D eigenvalue weighted by Crippen LogP contribution is -2.26. The lowest BCUT2D eigenvalue weighted by molar-refractivity contribution is 0.0953. The Morgan fingerprint density at radius 3 is 2.68 bits per heavy atom. The second-order valence-corrected chi connectivity index (χ2v) is 5.47. The second kappa shape index (κ2) is 7.08. The van der Waals surface area contributed by atoms with Crippen LogP contribution >= 0.6 is 0 Å². The normalized spacial score (nSPS) is 10.6. The van der Waals surface area contributed by atoms with Crippen molar-refractivity contribution >= 4 is 5.91 Å². The van der Waals surface area contributed by atoms with Crippen LogP contribution in [0.2, 0.25) is 0 Å². The minimum Gasteiger partial charge on any atom is -0.352 e. The molecule has 128 valence electrons. The number of nitrogens with zero attached hydrogens (tertiary/aromatic N) is 3. The Morgan fingerprint density at radius 2 is 2.00 bits per heavy atom. The lowest BCUT2D eigenvalue weighted by Gasteiger charge is -2.06. The van der Waals surface area contributed by atoms with E-state index in [4.69, 9.17) is 0 Å². The van der Waals surface area contributed by atoms with E-state index in [1.807, 2.05) is 0 Å². The van der Waals surface area contributed by atoms with Gasteiger partial charge in [-0.25, -0.2) is 14.2 Å². The fourth-order valence-corrected chi connectivity index (χ4v) is 2.39. The van der Waals surface area contributed by atoms with Crippen LogP contribution in [-0.4, -0.2) is 32.4 Å². The van der Waals surface area contributed by atoms with Crippen molar-refractivity contribution in [1.82, 2.24) is 25.3 Å². The Hall–Kier alpha value is -3.29. The van der Waals surface area contributed by atoms with Crippen molar-refractivity contribution in [2.24, 2.45) is 0 Å². The summed E-state index contributed by atoms with van der Waals surface area (Å²) < 4.78 is 14.3. The molecule has 0 saturated heterocycles. The Kier molecular flexibility index (Phi) is 4.69. The Balaban J connectivity index is 1.65. The first-order valence-corrected chi connectivity index (χ1v) is 7.68. The number of carbonyl (C=O) groups excluding carboxylic acids is 1. The SMILES string of the molecule is Cc1c(C(=O)NCCc2ccc(F)cc2)cnn1-c1ccc(=O)[nH]n1. The van der Waals surface area contributed by atoms with Crippen LogP contribution in [0.3, 0.4) is 0 Å². The summed E-state index contributed by atoms with van der Waals surface area (Å²) in [5, 5.41) is 13.2. The third kappa shape index (κ3) is 3.79. The van der Waals surface area contributed by atoms with E-state index in [2.05, 4.69) is 20.6 Å². The molecule has 7 nitrogen and oxygen atoms in total. The quantitative estimate of drug-likeness (QED) is 0.733. The van der Waals surface area contributed by atoms with Gasteiger partial charge >= 0.3 is 0 Å². The molecule has 0 spiro atoms. The predicted octanol–water partition coefficient (Wildman–Crippen LogP) is 1.38. The zero-order chi connectivity index (χ0) is 17.8. The molecule has 0 unspecified atom stereocenters. The third-order valence-electron chi connectivity index (χ3n) is 3.75. The highest BCUT2D eigenvalue weighted by Gasteiger charge is 2.15. The molecule has 0 radical (unpaired) electrons. The minimum atomic E-state index is -0.313. The van der Waals surface area contributed by atoms with Crippen LogP contribution in [0.25, 0.3) is 5.82 Å². The molecule has 0 bridgehead atoms. The minimum absolute atomic E-state index is 0.254. The molecular weight excluding hydrogens is 325 g/mol. The summed E-state index contributed by atoms with van der Waals surface area (Å²) in [4.78, 5) is 23.4. The number of carbonyl (C=O) groups is 1. The van der Waals surface area contributed by atoms with Crippen molar-refractivity contribution in [3.05, 3.63) is 75.6 Å². The van der Waals surface area contributed by atoms with E-state index in [1.165, 1.54) is 35.1 Å². The van der Waals surface area contributed by atoms with Gasteiger partial charge in [0.15, 0.2) is 5.82 Å². The summed E-state index contributed by atoms with van der Waals surface area (Å²) in [6.45, 7) is 2.17. The van der Waals surface area contributed by atoms with E-state index in [0.29, 0.717) is 30.0 Å². The monoisotopic (exact) mass is 341 g/mol. The molecule has 2 heterocycles. The van der Waals surface area contributed by atoms with Gasteiger partial charge in [-0.1, -0.05) is 12.1 Å². The molecule has 2 aromatic heterocycles. The topological polar surface area (TPSA) is 92.7 Å². The van der Waals surface area contributed by atoms with Gasteiger partial charge in [-0.2, -0.15) is 10.2 Å². The molecule has 2 N–H and O–H groups in total. The Bertz CT molecular complexity index is 926. The molecule has 8 heteroatoms. The summed E-state index contributed by atoms with van der Waals surface area (Å²) in [5.41, 5.74) is 1.66. The number of rotatable bonds is 5. The molecule has 3 rings (SSSR count). The summed E-state index contributed by atoms with van der Waals surface area (Å²) in [6.07, 6.45) is 2.05. The van der Waals surface area contributed by atoms with Gasteiger partial charge in [0.25, 0.3) is 11.5 Å². The number of amides is 1. The highest BCUT2D eigenvalue weighted by molar-refractivity contribution is 5.95. The molecule has 1 amide bonds. The summed E-state index contributed by atoms with van der Waals surface area (Å²) >= 11 is 0.